The Balaban J connectivity index is 1.48. The van der Waals surface area contributed by atoms with Gasteiger partial charge >= 0.3 is 0 Å². The van der Waals surface area contributed by atoms with Gasteiger partial charge in [0.1, 0.15) is 12.0 Å². The second kappa shape index (κ2) is 7.56. The van der Waals surface area contributed by atoms with Gasteiger partial charge in [-0.2, -0.15) is 13.4 Å². The SMILES string of the molecule is CS(=O)(=O)c1ncc2ccc(=O)n(Cc3ccc(S(=O)(=O)n4cnc(C5CC5)n4)cc3)c2n1. The van der Waals surface area contributed by atoms with E-state index in [-0.39, 0.29) is 33.7 Å². The third kappa shape index (κ3) is 4.04. The number of benzene rings is 1. The van der Waals surface area contributed by atoms with Crippen molar-refractivity contribution in [1.29, 1.82) is 0 Å². The van der Waals surface area contributed by atoms with Crippen LogP contribution < -0.4 is 5.56 Å². The molecule has 1 fully saturated rings. The van der Waals surface area contributed by atoms with E-state index >= 15 is 0 Å². The van der Waals surface area contributed by atoms with E-state index in [0.717, 1.165) is 23.2 Å². The lowest BCUT2D eigenvalue weighted by Crippen LogP contribution is -2.21. The van der Waals surface area contributed by atoms with E-state index in [1.165, 1.54) is 41.4 Å². The van der Waals surface area contributed by atoms with Crippen LogP contribution in [0.5, 0.6) is 0 Å². The van der Waals surface area contributed by atoms with Gasteiger partial charge in [0.15, 0.2) is 5.82 Å². The van der Waals surface area contributed by atoms with Crippen LogP contribution in [-0.2, 0) is 26.4 Å². The van der Waals surface area contributed by atoms with Crippen molar-refractivity contribution in [3.8, 4) is 0 Å². The van der Waals surface area contributed by atoms with Crippen LogP contribution in [0.3, 0.4) is 0 Å². The van der Waals surface area contributed by atoms with E-state index in [1.807, 2.05) is 0 Å². The lowest BCUT2D eigenvalue weighted by Gasteiger charge is -2.11. The molecule has 0 radical (unpaired) electrons. The lowest BCUT2D eigenvalue weighted by atomic mass is 10.2. The molecule has 0 spiro atoms. The van der Waals surface area contributed by atoms with Gasteiger partial charge in [0, 0.05) is 29.8 Å². The van der Waals surface area contributed by atoms with Crippen LogP contribution in [0, 0.1) is 0 Å². The van der Waals surface area contributed by atoms with Crippen molar-refractivity contribution in [1.82, 2.24) is 28.7 Å². The zero-order valence-electron chi connectivity index (χ0n) is 17.4. The second-order valence-electron chi connectivity index (χ2n) is 7.86. The van der Waals surface area contributed by atoms with Crippen molar-refractivity contribution in [3.63, 3.8) is 0 Å². The molecule has 0 saturated heterocycles. The Hall–Kier alpha value is -3.45. The second-order valence-corrected chi connectivity index (χ2v) is 11.6. The molecule has 3 heterocycles. The summed E-state index contributed by atoms with van der Waals surface area (Å²) in [5.74, 6) is 0.760. The molecule has 1 aliphatic rings. The maximum absolute atomic E-state index is 12.9. The van der Waals surface area contributed by atoms with Gasteiger partial charge in [-0.25, -0.2) is 18.4 Å². The Labute approximate surface area is 188 Å². The first kappa shape index (κ1) is 21.4. The highest BCUT2D eigenvalue weighted by atomic mass is 32.2. The summed E-state index contributed by atoms with van der Waals surface area (Å²) in [6.45, 7) is 0.0614. The van der Waals surface area contributed by atoms with Crippen LogP contribution in [-0.4, -0.2) is 51.8 Å². The number of hydrogen-bond acceptors (Lipinski definition) is 9. The van der Waals surface area contributed by atoms with Crippen LogP contribution >= 0.6 is 0 Å². The summed E-state index contributed by atoms with van der Waals surface area (Å²) >= 11 is 0. The summed E-state index contributed by atoms with van der Waals surface area (Å²) in [6, 6.07) is 8.87. The van der Waals surface area contributed by atoms with Crippen molar-refractivity contribution >= 4 is 30.9 Å². The van der Waals surface area contributed by atoms with E-state index in [2.05, 4.69) is 20.1 Å². The molecule has 13 heteroatoms. The standard InChI is InChI=1S/C20H18N6O5S2/c1-32(28,29)20-21-10-15-6-9-17(27)25(19(15)23-20)11-13-2-7-16(8-3-13)33(30,31)26-12-22-18(24-26)14-4-5-14/h2-3,6-10,12,14H,4-5,11H2,1H3. The van der Waals surface area contributed by atoms with Gasteiger partial charge in [-0.15, -0.1) is 9.19 Å². The number of fused-ring (bicyclic) bond motifs is 1. The maximum atomic E-state index is 12.9. The molecule has 0 bridgehead atoms. The van der Waals surface area contributed by atoms with Crippen molar-refractivity contribution in [2.75, 3.05) is 6.26 Å². The average Bonchev–Trinajstić information content (AvgIpc) is 3.51. The van der Waals surface area contributed by atoms with E-state index in [0.29, 0.717) is 16.8 Å². The number of nitrogens with zero attached hydrogens (tertiary/aromatic N) is 6. The minimum Gasteiger partial charge on any atom is -0.288 e. The Morgan fingerprint density at radius 3 is 2.39 bits per heavy atom. The molecule has 170 valence electrons. The fourth-order valence-corrected chi connectivity index (χ4v) is 4.91. The van der Waals surface area contributed by atoms with E-state index < -0.39 is 19.9 Å². The monoisotopic (exact) mass is 486 g/mol. The van der Waals surface area contributed by atoms with Crippen molar-refractivity contribution in [2.45, 2.75) is 35.4 Å². The minimum atomic E-state index is -3.89. The van der Waals surface area contributed by atoms with Gasteiger partial charge in [-0.1, -0.05) is 12.1 Å². The third-order valence-electron chi connectivity index (χ3n) is 5.27. The van der Waals surface area contributed by atoms with Crippen LogP contribution in [0.25, 0.3) is 11.0 Å². The van der Waals surface area contributed by atoms with Crippen molar-refractivity contribution < 1.29 is 16.8 Å². The summed E-state index contributed by atoms with van der Waals surface area (Å²) in [5, 5.41) is 4.21. The highest BCUT2D eigenvalue weighted by molar-refractivity contribution is 7.90. The third-order valence-corrected chi connectivity index (χ3v) is 7.67. The molecule has 3 aromatic heterocycles. The molecule has 1 aliphatic carbocycles. The number of pyridine rings is 1. The van der Waals surface area contributed by atoms with E-state index in [9.17, 15) is 21.6 Å². The first-order valence-corrected chi connectivity index (χ1v) is 13.3. The summed E-state index contributed by atoms with van der Waals surface area (Å²) in [5.41, 5.74) is 0.415. The molecule has 1 saturated carbocycles. The predicted octanol–water partition coefficient (Wildman–Crippen LogP) is 0.949. The van der Waals surface area contributed by atoms with Gasteiger partial charge in [-0.3, -0.25) is 9.36 Å². The van der Waals surface area contributed by atoms with Crippen molar-refractivity contribution in [2.24, 2.45) is 0 Å². The molecule has 0 atom stereocenters. The minimum absolute atomic E-state index is 0.0328. The van der Waals surface area contributed by atoms with Gasteiger partial charge in [0.25, 0.3) is 15.6 Å². The Bertz CT molecular complexity index is 1650. The molecule has 33 heavy (non-hydrogen) atoms. The molecule has 11 nitrogen and oxygen atoms in total. The molecular weight excluding hydrogens is 468 g/mol. The number of aromatic nitrogens is 6. The number of sulfone groups is 1. The average molecular weight is 487 g/mol. The summed E-state index contributed by atoms with van der Waals surface area (Å²) in [7, 11) is -7.55. The number of rotatable bonds is 6. The molecule has 0 aliphatic heterocycles. The molecule has 0 unspecified atom stereocenters. The molecule has 1 aromatic carbocycles. The summed E-state index contributed by atoms with van der Waals surface area (Å²) in [6.07, 6.45) is 5.46. The quantitative estimate of drug-likeness (QED) is 0.363. The Morgan fingerprint density at radius 2 is 1.73 bits per heavy atom. The van der Waals surface area contributed by atoms with Gasteiger partial charge < -0.3 is 0 Å². The summed E-state index contributed by atoms with van der Waals surface area (Å²) in [4.78, 5) is 24.5. The molecule has 0 N–H and O–H groups in total. The fraction of sp³-hybridized carbons (Fsp3) is 0.250. The zero-order chi connectivity index (χ0) is 23.4. The predicted molar refractivity (Wildman–Crippen MR) is 117 cm³/mol. The highest BCUT2D eigenvalue weighted by Gasteiger charge is 2.29. The largest absolute Gasteiger partial charge is 0.288 e. The highest BCUT2D eigenvalue weighted by Crippen LogP contribution is 2.37. The van der Waals surface area contributed by atoms with Gasteiger partial charge in [-0.05, 0) is 36.6 Å². The van der Waals surface area contributed by atoms with E-state index in [1.54, 1.807) is 12.1 Å². The Morgan fingerprint density at radius 1 is 1.00 bits per heavy atom. The lowest BCUT2D eigenvalue weighted by molar-refractivity contribution is 0.579. The normalized spacial score (nSPS) is 14.6. The maximum Gasteiger partial charge on any atom is 0.284 e. The van der Waals surface area contributed by atoms with Gasteiger partial charge in [0.05, 0.1) is 11.4 Å². The smallest absolute Gasteiger partial charge is 0.284 e. The molecule has 0 amide bonds. The molecule has 5 rings (SSSR count). The van der Waals surface area contributed by atoms with Crippen LogP contribution in [0.15, 0.2) is 63.8 Å². The van der Waals surface area contributed by atoms with Crippen LogP contribution in [0.4, 0.5) is 0 Å². The number of hydrogen-bond donors (Lipinski definition) is 0. The zero-order valence-corrected chi connectivity index (χ0v) is 19.0. The van der Waals surface area contributed by atoms with Crippen LogP contribution in [0.1, 0.15) is 30.1 Å². The van der Waals surface area contributed by atoms with Crippen LogP contribution in [0.2, 0.25) is 0 Å². The van der Waals surface area contributed by atoms with Crippen molar-refractivity contribution in [3.05, 3.63) is 70.7 Å². The van der Waals surface area contributed by atoms with Gasteiger partial charge in [0.2, 0.25) is 15.0 Å². The Kier molecular flexibility index (Phi) is 4.90. The van der Waals surface area contributed by atoms with E-state index in [4.69, 9.17) is 0 Å². The first-order chi connectivity index (χ1) is 15.6. The molecule has 4 aromatic rings. The molecular formula is C20H18N6O5S2. The fourth-order valence-electron chi connectivity index (χ4n) is 3.35. The summed E-state index contributed by atoms with van der Waals surface area (Å²) < 4.78 is 51.6. The first-order valence-electron chi connectivity index (χ1n) is 9.96. The topological polar surface area (TPSA) is 147 Å².